The van der Waals surface area contributed by atoms with Gasteiger partial charge in [-0.25, -0.2) is 4.79 Å². The maximum absolute atomic E-state index is 12.8. The molecule has 31 heavy (non-hydrogen) atoms. The van der Waals surface area contributed by atoms with Gasteiger partial charge in [0.15, 0.2) is 18.2 Å². The molecule has 3 aromatic rings. The Balaban J connectivity index is 1.46. The van der Waals surface area contributed by atoms with E-state index in [2.05, 4.69) is 5.32 Å². The maximum Gasteiger partial charge on any atom is 0.342 e. The van der Waals surface area contributed by atoms with Crippen molar-refractivity contribution in [2.75, 3.05) is 11.9 Å². The number of rotatable bonds is 4. The monoisotopic (exact) mass is 415 g/mol. The van der Waals surface area contributed by atoms with Gasteiger partial charge in [-0.2, -0.15) is 0 Å². The fourth-order valence-electron chi connectivity index (χ4n) is 3.40. The Labute approximate surface area is 177 Å². The minimum absolute atomic E-state index is 0.0376. The van der Waals surface area contributed by atoms with Crippen LogP contribution < -0.4 is 5.32 Å². The highest BCUT2D eigenvalue weighted by Gasteiger charge is 2.29. The third kappa shape index (κ3) is 3.81. The normalized spacial score (nSPS) is 12.0. The van der Waals surface area contributed by atoms with E-state index < -0.39 is 18.5 Å². The third-order valence-electron chi connectivity index (χ3n) is 4.92. The van der Waals surface area contributed by atoms with Crippen LogP contribution in [0.4, 0.5) is 5.69 Å². The van der Waals surface area contributed by atoms with E-state index in [-0.39, 0.29) is 34.0 Å². The predicted octanol–water partition coefficient (Wildman–Crippen LogP) is 3.27. The van der Waals surface area contributed by atoms with Crippen LogP contribution in [0.5, 0.6) is 5.75 Å². The number of aryl methyl sites for hydroxylation is 1. The summed E-state index contributed by atoms with van der Waals surface area (Å²) < 4.78 is 4.96. The number of anilines is 1. The van der Waals surface area contributed by atoms with Crippen molar-refractivity contribution < 1.29 is 29.0 Å². The molecule has 0 saturated heterocycles. The minimum atomic E-state index is -0.834. The summed E-state index contributed by atoms with van der Waals surface area (Å²) in [5, 5.41) is 12.3. The Morgan fingerprint density at radius 3 is 2.23 bits per heavy atom. The highest BCUT2D eigenvalue weighted by Crippen LogP contribution is 2.29. The topological polar surface area (TPSA) is 110 Å². The van der Waals surface area contributed by atoms with Crippen molar-refractivity contribution in [3.05, 3.63) is 94.0 Å². The number of fused-ring (bicyclic) bond motifs is 2. The summed E-state index contributed by atoms with van der Waals surface area (Å²) >= 11 is 0. The lowest BCUT2D eigenvalue weighted by Gasteiger charge is -2.18. The SMILES string of the molecule is Cc1ccc(O)c(C(=O)OCC(=O)Nc2ccc3c(c2)C(=O)c2ccccc2C3=O)c1. The first-order chi connectivity index (χ1) is 14.8. The fourth-order valence-corrected chi connectivity index (χ4v) is 3.40. The van der Waals surface area contributed by atoms with Crippen LogP contribution in [0.25, 0.3) is 0 Å². The van der Waals surface area contributed by atoms with E-state index in [1.165, 1.54) is 30.3 Å². The highest BCUT2D eigenvalue weighted by atomic mass is 16.5. The average Bonchev–Trinajstić information content (AvgIpc) is 2.77. The molecule has 154 valence electrons. The minimum Gasteiger partial charge on any atom is -0.507 e. The second-order valence-electron chi connectivity index (χ2n) is 7.11. The van der Waals surface area contributed by atoms with E-state index in [4.69, 9.17) is 4.74 Å². The van der Waals surface area contributed by atoms with E-state index >= 15 is 0 Å². The van der Waals surface area contributed by atoms with Gasteiger partial charge in [0.1, 0.15) is 11.3 Å². The molecule has 0 unspecified atom stereocenters. The van der Waals surface area contributed by atoms with Crippen molar-refractivity contribution in [3.63, 3.8) is 0 Å². The van der Waals surface area contributed by atoms with Crippen molar-refractivity contribution in [1.29, 1.82) is 0 Å². The Hall–Kier alpha value is -4.26. The van der Waals surface area contributed by atoms with Crippen LogP contribution in [0.2, 0.25) is 0 Å². The third-order valence-corrected chi connectivity index (χ3v) is 4.92. The molecule has 0 saturated carbocycles. The van der Waals surface area contributed by atoms with Gasteiger partial charge in [0.2, 0.25) is 0 Å². The first kappa shape index (κ1) is 20.0. The zero-order valence-electron chi connectivity index (χ0n) is 16.5. The van der Waals surface area contributed by atoms with Crippen LogP contribution in [0.1, 0.15) is 47.8 Å². The van der Waals surface area contributed by atoms with Crippen LogP contribution >= 0.6 is 0 Å². The standard InChI is InChI=1S/C24H17NO6/c1-13-6-9-20(26)19(10-13)24(30)31-12-21(27)25-14-7-8-17-18(11-14)23(29)16-5-3-2-4-15(16)22(17)28/h2-11,26H,12H2,1H3,(H,25,27). The second-order valence-corrected chi connectivity index (χ2v) is 7.11. The maximum atomic E-state index is 12.8. The molecular weight excluding hydrogens is 398 g/mol. The number of carbonyl (C=O) groups is 4. The number of phenols is 1. The molecule has 0 heterocycles. The Morgan fingerprint density at radius 1 is 0.871 bits per heavy atom. The molecule has 4 rings (SSSR count). The summed E-state index contributed by atoms with van der Waals surface area (Å²) in [6, 6.07) is 15.5. The number of nitrogens with one attached hydrogen (secondary N) is 1. The molecular formula is C24H17NO6. The Morgan fingerprint density at radius 2 is 1.52 bits per heavy atom. The summed E-state index contributed by atoms with van der Waals surface area (Å²) in [7, 11) is 0. The molecule has 0 atom stereocenters. The van der Waals surface area contributed by atoms with E-state index in [1.807, 2.05) is 0 Å². The number of phenolic OH excluding ortho intramolecular Hbond substituents is 1. The van der Waals surface area contributed by atoms with E-state index in [9.17, 15) is 24.3 Å². The first-order valence-electron chi connectivity index (χ1n) is 9.44. The molecule has 0 spiro atoms. The molecule has 0 bridgehead atoms. The van der Waals surface area contributed by atoms with E-state index in [0.717, 1.165) is 5.56 Å². The van der Waals surface area contributed by atoms with Crippen LogP contribution in [0.3, 0.4) is 0 Å². The summed E-state index contributed by atoms with van der Waals surface area (Å²) in [5.74, 6) is -2.26. The number of hydrogen-bond acceptors (Lipinski definition) is 6. The van der Waals surface area contributed by atoms with Crippen LogP contribution in [-0.2, 0) is 9.53 Å². The molecule has 7 heteroatoms. The summed E-state index contributed by atoms with van der Waals surface area (Å²) in [6.07, 6.45) is 0. The van der Waals surface area contributed by atoms with Gasteiger partial charge in [-0.3, -0.25) is 14.4 Å². The molecule has 0 aliphatic heterocycles. The van der Waals surface area contributed by atoms with Gasteiger partial charge in [-0.15, -0.1) is 0 Å². The Kier molecular flexibility index (Phi) is 5.09. The number of amides is 1. The van der Waals surface area contributed by atoms with Crippen molar-refractivity contribution in [2.45, 2.75) is 6.92 Å². The van der Waals surface area contributed by atoms with Gasteiger partial charge >= 0.3 is 5.97 Å². The van der Waals surface area contributed by atoms with Gasteiger partial charge < -0.3 is 15.2 Å². The lowest BCUT2D eigenvalue weighted by molar-refractivity contribution is -0.119. The van der Waals surface area contributed by atoms with E-state index in [0.29, 0.717) is 16.8 Å². The molecule has 0 radical (unpaired) electrons. The predicted molar refractivity (Wildman–Crippen MR) is 112 cm³/mol. The van der Waals surface area contributed by atoms with Gasteiger partial charge in [-0.1, -0.05) is 35.9 Å². The molecule has 0 fully saturated rings. The van der Waals surface area contributed by atoms with Crippen molar-refractivity contribution >= 4 is 29.1 Å². The molecule has 1 aliphatic carbocycles. The highest BCUT2D eigenvalue weighted by molar-refractivity contribution is 6.28. The number of ketones is 2. The van der Waals surface area contributed by atoms with Crippen LogP contribution in [-0.4, -0.2) is 35.2 Å². The summed E-state index contributed by atoms with van der Waals surface area (Å²) in [5.41, 5.74) is 2.14. The zero-order valence-corrected chi connectivity index (χ0v) is 16.5. The molecule has 2 N–H and O–H groups in total. The zero-order chi connectivity index (χ0) is 22.1. The summed E-state index contributed by atoms with van der Waals surface area (Å²) in [6.45, 7) is 1.17. The van der Waals surface area contributed by atoms with Gasteiger partial charge in [0, 0.05) is 27.9 Å². The molecule has 7 nitrogen and oxygen atoms in total. The molecule has 3 aromatic carbocycles. The van der Waals surface area contributed by atoms with Gasteiger partial charge in [0.25, 0.3) is 5.91 Å². The lowest BCUT2D eigenvalue weighted by atomic mass is 9.84. The van der Waals surface area contributed by atoms with Crippen molar-refractivity contribution in [3.8, 4) is 5.75 Å². The quantitative estimate of drug-likeness (QED) is 0.495. The lowest BCUT2D eigenvalue weighted by Crippen LogP contribution is -2.23. The first-order valence-corrected chi connectivity index (χ1v) is 9.44. The number of esters is 1. The van der Waals surface area contributed by atoms with Crippen molar-refractivity contribution in [1.82, 2.24) is 0 Å². The number of benzene rings is 3. The largest absolute Gasteiger partial charge is 0.507 e. The number of hydrogen-bond donors (Lipinski definition) is 2. The van der Waals surface area contributed by atoms with Crippen molar-refractivity contribution in [2.24, 2.45) is 0 Å². The second kappa shape index (κ2) is 7.87. The molecule has 1 aliphatic rings. The van der Waals surface area contributed by atoms with Gasteiger partial charge in [-0.05, 0) is 37.3 Å². The van der Waals surface area contributed by atoms with E-state index in [1.54, 1.807) is 37.3 Å². The smallest absolute Gasteiger partial charge is 0.342 e. The van der Waals surface area contributed by atoms with Crippen LogP contribution in [0, 0.1) is 6.92 Å². The number of aromatic hydroxyl groups is 1. The van der Waals surface area contributed by atoms with Gasteiger partial charge in [0.05, 0.1) is 0 Å². The number of ether oxygens (including phenoxy) is 1. The molecule has 1 amide bonds. The average molecular weight is 415 g/mol. The summed E-state index contributed by atoms with van der Waals surface area (Å²) in [4.78, 5) is 49.7. The molecule has 0 aromatic heterocycles. The number of carbonyl (C=O) groups excluding carboxylic acids is 4. The Bertz CT molecular complexity index is 1260. The van der Waals surface area contributed by atoms with Crippen LogP contribution in [0.15, 0.2) is 60.7 Å². The fraction of sp³-hybridized carbons (Fsp3) is 0.0833.